The largest absolute Gasteiger partial charge is 0.387 e. The van der Waals surface area contributed by atoms with Gasteiger partial charge in [0.25, 0.3) is 0 Å². The highest BCUT2D eigenvalue weighted by Crippen LogP contribution is 2.36. The van der Waals surface area contributed by atoms with E-state index in [9.17, 15) is 5.11 Å². The van der Waals surface area contributed by atoms with E-state index in [0.29, 0.717) is 6.04 Å². The lowest BCUT2D eigenvalue weighted by Gasteiger charge is -2.46. The first-order chi connectivity index (χ1) is 7.70. The van der Waals surface area contributed by atoms with E-state index >= 15 is 0 Å². The topological polar surface area (TPSA) is 41.3 Å². The molecule has 2 aliphatic rings. The third-order valence-electron chi connectivity index (χ3n) is 3.77. The van der Waals surface area contributed by atoms with Crippen molar-refractivity contribution in [1.82, 2.24) is 14.5 Å². The van der Waals surface area contributed by atoms with Crippen molar-refractivity contribution in [2.45, 2.75) is 44.4 Å². The van der Waals surface area contributed by atoms with Crippen molar-refractivity contribution in [3.8, 4) is 0 Å². The van der Waals surface area contributed by atoms with Gasteiger partial charge >= 0.3 is 0 Å². The number of hydrogen-bond acceptors (Lipinski definition) is 3. The molecule has 4 nitrogen and oxygen atoms in total. The number of aliphatic hydroxyl groups is 1. The molecule has 1 saturated carbocycles. The Kier molecular flexibility index (Phi) is 2.30. The van der Waals surface area contributed by atoms with Gasteiger partial charge in [-0.05, 0) is 19.3 Å². The fraction of sp³-hybridized carbons (Fsp3) is 0.750. The Morgan fingerprint density at radius 1 is 1.50 bits per heavy atom. The van der Waals surface area contributed by atoms with Crippen molar-refractivity contribution >= 4 is 0 Å². The fourth-order valence-electron chi connectivity index (χ4n) is 2.49. The SMILES string of the molecule is CCC1(O)CN(Cc2cncn2C2CC2)C1. The van der Waals surface area contributed by atoms with Crippen LogP contribution in [0.25, 0.3) is 0 Å². The summed E-state index contributed by atoms with van der Waals surface area (Å²) in [7, 11) is 0. The Balaban J connectivity index is 1.61. The smallest absolute Gasteiger partial charge is 0.0951 e. The molecule has 1 aromatic rings. The maximum absolute atomic E-state index is 9.94. The predicted octanol–water partition coefficient (Wildman–Crippen LogP) is 1.17. The predicted molar refractivity (Wildman–Crippen MR) is 61.0 cm³/mol. The summed E-state index contributed by atoms with van der Waals surface area (Å²) in [5.41, 5.74) is 0.866. The molecule has 0 unspecified atom stereocenters. The van der Waals surface area contributed by atoms with Crippen molar-refractivity contribution in [1.29, 1.82) is 0 Å². The van der Waals surface area contributed by atoms with Crippen LogP contribution < -0.4 is 0 Å². The van der Waals surface area contributed by atoms with Crippen LogP contribution in [0.4, 0.5) is 0 Å². The van der Waals surface area contributed by atoms with Gasteiger partial charge in [0.15, 0.2) is 0 Å². The van der Waals surface area contributed by atoms with Crippen molar-refractivity contribution < 1.29 is 5.11 Å². The van der Waals surface area contributed by atoms with Crippen LogP contribution in [0.1, 0.15) is 37.9 Å². The molecule has 1 saturated heterocycles. The van der Waals surface area contributed by atoms with Gasteiger partial charge in [-0.15, -0.1) is 0 Å². The highest BCUT2D eigenvalue weighted by atomic mass is 16.3. The molecule has 2 fully saturated rings. The zero-order valence-corrected chi connectivity index (χ0v) is 9.76. The van der Waals surface area contributed by atoms with Gasteiger partial charge < -0.3 is 9.67 Å². The summed E-state index contributed by atoms with van der Waals surface area (Å²) in [6.45, 7) is 4.59. The number of nitrogens with zero attached hydrogens (tertiary/aromatic N) is 3. The third-order valence-corrected chi connectivity index (χ3v) is 3.77. The third kappa shape index (κ3) is 1.76. The first-order valence-electron chi connectivity index (χ1n) is 6.16. The molecule has 0 atom stereocenters. The Morgan fingerprint density at radius 3 is 2.88 bits per heavy atom. The van der Waals surface area contributed by atoms with E-state index in [-0.39, 0.29) is 0 Å². The second kappa shape index (κ2) is 3.57. The van der Waals surface area contributed by atoms with E-state index in [0.717, 1.165) is 26.1 Å². The Morgan fingerprint density at radius 2 is 2.25 bits per heavy atom. The summed E-state index contributed by atoms with van der Waals surface area (Å²) in [5, 5.41) is 9.94. The minimum atomic E-state index is -0.426. The average Bonchev–Trinajstić information content (AvgIpc) is 2.97. The summed E-state index contributed by atoms with van der Waals surface area (Å²) >= 11 is 0. The van der Waals surface area contributed by atoms with E-state index in [1.54, 1.807) is 0 Å². The lowest BCUT2D eigenvalue weighted by molar-refractivity contribution is -0.104. The fourth-order valence-corrected chi connectivity index (χ4v) is 2.49. The first-order valence-corrected chi connectivity index (χ1v) is 6.16. The van der Waals surface area contributed by atoms with E-state index in [2.05, 4.69) is 14.5 Å². The van der Waals surface area contributed by atoms with Gasteiger partial charge in [-0.25, -0.2) is 4.98 Å². The molecule has 1 aliphatic heterocycles. The summed E-state index contributed by atoms with van der Waals surface area (Å²) in [5.74, 6) is 0. The summed E-state index contributed by atoms with van der Waals surface area (Å²) in [4.78, 5) is 6.52. The summed E-state index contributed by atoms with van der Waals surface area (Å²) in [6, 6.07) is 0.698. The monoisotopic (exact) mass is 221 g/mol. The van der Waals surface area contributed by atoms with Gasteiger partial charge in [0.1, 0.15) is 0 Å². The van der Waals surface area contributed by atoms with Crippen molar-refractivity contribution in [2.75, 3.05) is 13.1 Å². The van der Waals surface area contributed by atoms with Crippen LogP contribution in [0.3, 0.4) is 0 Å². The number of β-amino-alcohol motifs (C(OH)–C–C–N with tert-alkyl or cyclic N) is 1. The van der Waals surface area contributed by atoms with E-state index in [1.807, 2.05) is 19.4 Å². The molecule has 2 heterocycles. The Hall–Kier alpha value is -0.870. The zero-order chi connectivity index (χ0) is 11.2. The molecular formula is C12H19N3O. The van der Waals surface area contributed by atoms with E-state index in [1.165, 1.54) is 18.5 Å². The Bertz CT molecular complexity index is 377. The average molecular weight is 221 g/mol. The maximum atomic E-state index is 9.94. The van der Waals surface area contributed by atoms with Gasteiger partial charge in [0.05, 0.1) is 17.6 Å². The molecule has 0 aromatic carbocycles. The lowest BCUT2D eigenvalue weighted by atomic mass is 9.91. The molecule has 88 valence electrons. The molecule has 16 heavy (non-hydrogen) atoms. The quantitative estimate of drug-likeness (QED) is 0.830. The second-order valence-electron chi connectivity index (χ2n) is 5.25. The van der Waals surface area contributed by atoms with E-state index in [4.69, 9.17) is 0 Å². The van der Waals surface area contributed by atoms with Crippen LogP contribution in [0.2, 0.25) is 0 Å². The minimum Gasteiger partial charge on any atom is -0.387 e. The zero-order valence-electron chi connectivity index (χ0n) is 9.76. The van der Waals surface area contributed by atoms with Gasteiger partial charge in [-0.3, -0.25) is 4.90 Å². The van der Waals surface area contributed by atoms with Crippen molar-refractivity contribution in [3.05, 3.63) is 18.2 Å². The maximum Gasteiger partial charge on any atom is 0.0951 e. The molecule has 1 aromatic heterocycles. The van der Waals surface area contributed by atoms with Crippen LogP contribution >= 0.6 is 0 Å². The van der Waals surface area contributed by atoms with Crippen LogP contribution in [-0.2, 0) is 6.54 Å². The summed E-state index contributed by atoms with van der Waals surface area (Å²) < 4.78 is 2.29. The molecular weight excluding hydrogens is 202 g/mol. The molecule has 4 heteroatoms. The van der Waals surface area contributed by atoms with Gasteiger partial charge in [-0.1, -0.05) is 6.92 Å². The molecule has 1 aliphatic carbocycles. The van der Waals surface area contributed by atoms with Gasteiger partial charge in [-0.2, -0.15) is 0 Å². The minimum absolute atomic E-state index is 0.426. The number of hydrogen-bond donors (Lipinski definition) is 1. The Labute approximate surface area is 95.9 Å². The van der Waals surface area contributed by atoms with E-state index < -0.39 is 5.60 Å². The molecule has 0 radical (unpaired) electrons. The molecule has 0 spiro atoms. The van der Waals surface area contributed by atoms with Gasteiger partial charge in [0, 0.05) is 31.9 Å². The number of imidazole rings is 1. The van der Waals surface area contributed by atoms with Gasteiger partial charge in [0.2, 0.25) is 0 Å². The lowest BCUT2D eigenvalue weighted by Crippen LogP contribution is -2.60. The van der Waals surface area contributed by atoms with Crippen LogP contribution in [0.5, 0.6) is 0 Å². The summed E-state index contributed by atoms with van der Waals surface area (Å²) in [6.07, 6.45) is 7.34. The number of rotatable bonds is 4. The molecule has 0 amide bonds. The first kappa shape index (κ1) is 10.3. The van der Waals surface area contributed by atoms with Crippen molar-refractivity contribution in [2.24, 2.45) is 0 Å². The highest BCUT2D eigenvalue weighted by Gasteiger charge is 2.39. The molecule has 3 rings (SSSR count). The molecule has 0 bridgehead atoms. The molecule has 1 N–H and O–H groups in total. The van der Waals surface area contributed by atoms with Crippen LogP contribution in [0, 0.1) is 0 Å². The number of aromatic nitrogens is 2. The normalized spacial score (nSPS) is 24.4. The van der Waals surface area contributed by atoms with Crippen molar-refractivity contribution in [3.63, 3.8) is 0 Å². The standard InChI is InChI=1S/C12H19N3O/c1-2-12(16)7-14(8-12)6-11-5-13-9-15(11)10-3-4-10/h5,9-10,16H,2-4,6-8H2,1H3. The highest BCUT2D eigenvalue weighted by molar-refractivity contribution is 5.06. The van der Waals surface area contributed by atoms with Crippen LogP contribution in [0.15, 0.2) is 12.5 Å². The number of likely N-dealkylation sites (tertiary alicyclic amines) is 1. The second-order valence-corrected chi connectivity index (χ2v) is 5.25. The van der Waals surface area contributed by atoms with Crippen LogP contribution in [-0.4, -0.2) is 38.2 Å².